The van der Waals surface area contributed by atoms with Crippen LogP contribution in [0.25, 0.3) is 10.9 Å². The number of hydrogen-bond donors (Lipinski definition) is 1. The molecule has 3 unspecified atom stereocenters. The lowest BCUT2D eigenvalue weighted by atomic mass is 9.83. The predicted octanol–water partition coefficient (Wildman–Crippen LogP) is 3.27. The van der Waals surface area contributed by atoms with Crippen molar-refractivity contribution in [2.24, 2.45) is 5.92 Å². The van der Waals surface area contributed by atoms with Gasteiger partial charge in [0.25, 0.3) is 0 Å². The number of pyridine rings is 1. The molecular weight excluding hydrogens is 335 g/mol. The SMILES string of the molecule is CC(C(=O)O)N1C2CCC1CC(C(=O)c1ccnc3ccc(F)cc13)C2. The topological polar surface area (TPSA) is 70.5 Å². The van der Waals surface area contributed by atoms with E-state index in [1.165, 1.54) is 12.1 Å². The number of ketones is 1. The van der Waals surface area contributed by atoms with Crippen LogP contribution in [0.15, 0.2) is 30.5 Å². The minimum atomic E-state index is -0.817. The van der Waals surface area contributed by atoms with Gasteiger partial charge >= 0.3 is 5.97 Å². The molecule has 26 heavy (non-hydrogen) atoms. The molecule has 3 heterocycles. The summed E-state index contributed by atoms with van der Waals surface area (Å²) in [6.07, 6.45) is 4.76. The van der Waals surface area contributed by atoms with Crippen molar-refractivity contribution in [1.29, 1.82) is 0 Å². The molecule has 0 radical (unpaired) electrons. The van der Waals surface area contributed by atoms with Crippen molar-refractivity contribution < 1.29 is 19.1 Å². The number of piperidine rings is 1. The molecule has 136 valence electrons. The van der Waals surface area contributed by atoms with Gasteiger partial charge in [-0.1, -0.05) is 0 Å². The van der Waals surface area contributed by atoms with Crippen LogP contribution in [-0.2, 0) is 4.79 Å². The molecule has 3 atom stereocenters. The normalized spacial score (nSPS) is 26.8. The first kappa shape index (κ1) is 17.1. The van der Waals surface area contributed by atoms with Gasteiger partial charge < -0.3 is 5.11 Å². The van der Waals surface area contributed by atoms with Gasteiger partial charge in [0.15, 0.2) is 5.78 Å². The molecule has 0 saturated carbocycles. The fourth-order valence-electron chi connectivity index (χ4n) is 4.74. The molecule has 2 aromatic rings. The van der Waals surface area contributed by atoms with Crippen LogP contribution >= 0.6 is 0 Å². The Morgan fingerprint density at radius 3 is 2.58 bits per heavy atom. The number of fused-ring (bicyclic) bond motifs is 3. The molecule has 2 aliphatic rings. The molecule has 0 aliphatic carbocycles. The van der Waals surface area contributed by atoms with E-state index in [1.807, 2.05) is 0 Å². The van der Waals surface area contributed by atoms with Crippen LogP contribution in [0.4, 0.5) is 4.39 Å². The van der Waals surface area contributed by atoms with Gasteiger partial charge in [0.05, 0.1) is 5.52 Å². The van der Waals surface area contributed by atoms with Crippen molar-refractivity contribution in [2.45, 2.75) is 50.7 Å². The van der Waals surface area contributed by atoms with Crippen molar-refractivity contribution in [3.63, 3.8) is 0 Å². The van der Waals surface area contributed by atoms with Gasteiger partial charge in [-0.15, -0.1) is 0 Å². The maximum Gasteiger partial charge on any atom is 0.320 e. The highest BCUT2D eigenvalue weighted by atomic mass is 19.1. The summed E-state index contributed by atoms with van der Waals surface area (Å²) in [7, 11) is 0. The zero-order valence-corrected chi connectivity index (χ0v) is 14.6. The maximum absolute atomic E-state index is 13.7. The number of carbonyl (C=O) groups excluding carboxylic acids is 1. The van der Waals surface area contributed by atoms with Gasteiger partial charge in [-0.25, -0.2) is 4.39 Å². The summed E-state index contributed by atoms with van der Waals surface area (Å²) in [4.78, 5) is 30.8. The number of benzene rings is 1. The number of aromatic nitrogens is 1. The van der Waals surface area contributed by atoms with E-state index >= 15 is 0 Å². The Kier molecular flexibility index (Phi) is 4.23. The molecule has 2 bridgehead atoms. The van der Waals surface area contributed by atoms with E-state index in [0.29, 0.717) is 29.3 Å². The lowest BCUT2D eigenvalue weighted by Gasteiger charge is -2.40. The van der Waals surface area contributed by atoms with E-state index < -0.39 is 12.0 Å². The molecule has 0 spiro atoms. The van der Waals surface area contributed by atoms with Crippen LogP contribution in [0.3, 0.4) is 0 Å². The second kappa shape index (κ2) is 6.43. The fourth-order valence-corrected chi connectivity index (χ4v) is 4.74. The summed E-state index contributed by atoms with van der Waals surface area (Å²) < 4.78 is 13.7. The van der Waals surface area contributed by atoms with Crippen molar-refractivity contribution in [3.8, 4) is 0 Å². The quantitative estimate of drug-likeness (QED) is 0.852. The van der Waals surface area contributed by atoms with Crippen LogP contribution in [0, 0.1) is 11.7 Å². The van der Waals surface area contributed by atoms with Crippen molar-refractivity contribution in [2.75, 3.05) is 0 Å². The summed E-state index contributed by atoms with van der Waals surface area (Å²) >= 11 is 0. The maximum atomic E-state index is 13.7. The number of carbonyl (C=O) groups is 2. The smallest absolute Gasteiger partial charge is 0.320 e. The Labute approximate surface area is 150 Å². The summed E-state index contributed by atoms with van der Waals surface area (Å²) in [5.74, 6) is -1.34. The number of hydrogen-bond acceptors (Lipinski definition) is 4. The van der Waals surface area contributed by atoms with E-state index in [1.54, 1.807) is 25.3 Å². The van der Waals surface area contributed by atoms with Gasteiger partial charge in [0.2, 0.25) is 0 Å². The highest BCUT2D eigenvalue weighted by Gasteiger charge is 2.46. The van der Waals surface area contributed by atoms with Crippen LogP contribution in [0.1, 0.15) is 43.0 Å². The number of halogens is 1. The number of rotatable bonds is 4. The number of Topliss-reactive ketones (excluding diaryl/α,β-unsaturated/α-hetero) is 1. The lowest BCUT2D eigenvalue weighted by molar-refractivity contribution is -0.144. The van der Waals surface area contributed by atoms with Gasteiger partial charge in [0.1, 0.15) is 11.9 Å². The standard InChI is InChI=1S/C20H21FN2O3/c1-11(20(25)26)23-14-3-4-15(23)9-12(8-14)19(24)16-6-7-22-18-5-2-13(21)10-17(16)18/h2,5-7,10-12,14-15H,3-4,8-9H2,1H3,(H,25,26). The molecule has 1 aromatic carbocycles. The third-order valence-electron chi connectivity index (χ3n) is 5.93. The van der Waals surface area contributed by atoms with E-state index in [9.17, 15) is 19.1 Å². The van der Waals surface area contributed by atoms with Gasteiger partial charge in [0, 0.05) is 35.1 Å². The fraction of sp³-hybridized carbons (Fsp3) is 0.450. The van der Waals surface area contributed by atoms with Crippen LogP contribution in [0.2, 0.25) is 0 Å². The zero-order valence-electron chi connectivity index (χ0n) is 14.6. The Morgan fingerprint density at radius 2 is 1.92 bits per heavy atom. The third-order valence-corrected chi connectivity index (χ3v) is 5.93. The Bertz CT molecular complexity index is 870. The highest BCUT2D eigenvalue weighted by Crippen LogP contribution is 2.41. The summed E-state index contributed by atoms with van der Waals surface area (Å²) in [5, 5.41) is 9.89. The first-order valence-electron chi connectivity index (χ1n) is 9.04. The predicted molar refractivity (Wildman–Crippen MR) is 94.5 cm³/mol. The van der Waals surface area contributed by atoms with Gasteiger partial charge in [-0.05, 0) is 56.9 Å². The minimum absolute atomic E-state index is 0.0162. The number of carboxylic acids is 1. The van der Waals surface area contributed by atoms with Gasteiger partial charge in [-0.2, -0.15) is 0 Å². The number of carboxylic acid groups (broad SMARTS) is 1. The largest absolute Gasteiger partial charge is 0.480 e. The van der Waals surface area contributed by atoms with E-state index in [2.05, 4.69) is 9.88 Å². The average molecular weight is 356 g/mol. The number of nitrogens with zero attached hydrogens (tertiary/aromatic N) is 2. The average Bonchev–Trinajstić information content (AvgIpc) is 2.89. The van der Waals surface area contributed by atoms with Crippen LogP contribution < -0.4 is 0 Å². The highest BCUT2D eigenvalue weighted by molar-refractivity contribution is 6.08. The van der Waals surface area contributed by atoms with E-state index in [-0.39, 0.29) is 29.6 Å². The molecule has 2 saturated heterocycles. The summed E-state index contributed by atoms with van der Waals surface area (Å²) in [6.45, 7) is 1.72. The molecule has 6 heteroatoms. The van der Waals surface area contributed by atoms with Crippen molar-refractivity contribution in [1.82, 2.24) is 9.88 Å². The molecule has 2 aliphatic heterocycles. The lowest BCUT2D eigenvalue weighted by Crippen LogP contribution is -2.51. The molecule has 2 fully saturated rings. The summed E-state index contributed by atoms with van der Waals surface area (Å²) in [6, 6.07) is 5.68. The Balaban J connectivity index is 1.62. The third kappa shape index (κ3) is 2.78. The summed E-state index contributed by atoms with van der Waals surface area (Å²) in [5.41, 5.74) is 1.12. The van der Waals surface area contributed by atoms with Crippen LogP contribution in [0.5, 0.6) is 0 Å². The first-order chi connectivity index (χ1) is 12.5. The molecule has 0 amide bonds. The monoisotopic (exact) mass is 356 g/mol. The Morgan fingerprint density at radius 1 is 1.23 bits per heavy atom. The van der Waals surface area contributed by atoms with Crippen molar-refractivity contribution in [3.05, 3.63) is 41.8 Å². The van der Waals surface area contributed by atoms with Gasteiger partial charge in [-0.3, -0.25) is 19.5 Å². The van der Waals surface area contributed by atoms with E-state index in [4.69, 9.17) is 0 Å². The minimum Gasteiger partial charge on any atom is -0.480 e. The molecule has 1 aromatic heterocycles. The second-order valence-corrected chi connectivity index (χ2v) is 7.40. The second-order valence-electron chi connectivity index (χ2n) is 7.40. The van der Waals surface area contributed by atoms with Crippen LogP contribution in [-0.4, -0.2) is 44.9 Å². The molecule has 5 nitrogen and oxygen atoms in total. The molecular formula is C20H21FN2O3. The van der Waals surface area contributed by atoms with E-state index in [0.717, 1.165) is 12.8 Å². The Hall–Kier alpha value is -2.34. The molecule has 4 rings (SSSR count). The zero-order chi connectivity index (χ0) is 18.4. The number of aliphatic carboxylic acids is 1. The van der Waals surface area contributed by atoms with Crippen molar-refractivity contribution >= 4 is 22.7 Å². The molecule has 1 N–H and O–H groups in total. The first-order valence-corrected chi connectivity index (χ1v) is 9.04.